The summed E-state index contributed by atoms with van der Waals surface area (Å²) in [4.78, 5) is 0. The molecule has 13 heavy (non-hydrogen) atoms. The van der Waals surface area contributed by atoms with Gasteiger partial charge in [0.25, 0.3) is 0 Å². The fraction of sp³-hybridized carbons (Fsp3) is 0.111. The van der Waals surface area contributed by atoms with Gasteiger partial charge in [0, 0.05) is 17.0 Å². The SMILES string of the molecule is OCc1c(Cl)cc(O)c2sccc12. The van der Waals surface area contributed by atoms with Crippen molar-refractivity contribution in [1.29, 1.82) is 0 Å². The lowest BCUT2D eigenvalue weighted by Crippen LogP contribution is -1.85. The first-order valence-corrected chi connectivity index (χ1v) is 4.98. The summed E-state index contributed by atoms with van der Waals surface area (Å²) < 4.78 is 0.772. The van der Waals surface area contributed by atoms with Crippen LogP contribution in [0.3, 0.4) is 0 Å². The average molecular weight is 215 g/mol. The maximum absolute atomic E-state index is 9.51. The van der Waals surface area contributed by atoms with Gasteiger partial charge in [-0.05, 0) is 11.4 Å². The molecule has 4 heteroatoms. The summed E-state index contributed by atoms with van der Waals surface area (Å²) in [5.41, 5.74) is 0.677. The third kappa shape index (κ3) is 1.29. The number of aromatic hydroxyl groups is 1. The van der Waals surface area contributed by atoms with Crippen molar-refractivity contribution in [3.8, 4) is 5.75 Å². The summed E-state index contributed by atoms with van der Waals surface area (Å²) >= 11 is 7.28. The minimum atomic E-state index is -0.105. The zero-order valence-electron chi connectivity index (χ0n) is 6.62. The molecule has 2 rings (SSSR count). The maximum atomic E-state index is 9.51. The number of fused-ring (bicyclic) bond motifs is 1. The Hall–Kier alpha value is -0.770. The van der Waals surface area contributed by atoms with Crippen molar-refractivity contribution in [2.75, 3.05) is 0 Å². The summed E-state index contributed by atoms with van der Waals surface area (Å²) in [6, 6.07) is 3.31. The lowest BCUT2D eigenvalue weighted by atomic mass is 10.1. The Morgan fingerprint density at radius 3 is 2.92 bits per heavy atom. The van der Waals surface area contributed by atoms with E-state index in [9.17, 15) is 5.11 Å². The quantitative estimate of drug-likeness (QED) is 0.767. The first-order valence-electron chi connectivity index (χ1n) is 3.72. The van der Waals surface area contributed by atoms with Crippen molar-refractivity contribution in [2.24, 2.45) is 0 Å². The molecule has 0 saturated heterocycles. The molecular formula is C9H7ClO2S. The second kappa shape index (κ2) is 3.18. The van der Waals surface area contributed by atoms with Crippen LogP contribution in [0.1, 0.15) is 5.56 Å². The number of hydrogen-bond donors (Lipinski definition) is 2. The number of aliphatic hydroxyl groups is 1. The molecule has 0 bridgehead atoms. The lowest BCUT2D eigenvalue weighted by molar-refractivity contribution is 0.283. The van der Waals surface area contributed by atoms with E-state index in [-0.39, 0.29) is 12.4 Å². The largest absolute Gasteiger partial charge is 0.506 e. The van der Waals surface area contributed by atoms with Gasteiger partial charge in [0.05, 0.1) is 16.3 Å². The van der Waals surface area contributed by atoms with E-state index in [1.54, 1.807) is 0 Å². The Morgan fingerprint density at radius 1 is 1.46 bits per heavy atom. The number of phenolic OH excluding ortho intramolecular Hbond substituents is 1. The molecule has 0 aliphatic heterocycles. The summed E-state index contributed by atoms with van der Waals surface area (Å²) in [6.07, 6.45) is 0. The van der Waals surface area contributed by atoms with Crippen LogP contribution in [0.15, 0.2) is 17.5 Å². The molecule has 2 N–H and O–H groups in total. The molecule has 0 aliphatic carbocycles. The van der Waals surface area contributed by atoms with Crippen LogP contribution in [0.4, 0.5) is 0 Å². The highest BCUT2D eigenvalue weighted by molar-refractivity contribution is 7.17. The smallest absolute Gasteiger partial charge is 0.134 e. The standard InChI is InChI=1S/C9H7ClO2S/c10-7-3-8(12)9-5(1-2-13-9)6(7)4-11/h1-3,11-12H,4H2. The van der Waals surface area contributed by atoms with Gasteiger partial charge < -0.3 is 10.2 Å². The highest BCUT2D eigenvalue weighted by Gasteiger charge is 2.10. The summed E-state index contributed by atoms with van der Waals surface area (Å²) in [5.74, 6) is 0.173. The van der Waals surface area contributed by atoms with Crippen molar-refractivity contribution >= 4 is 33.0 Å². The first-order chi connectivity index (χ1) is 6.24. The number of phenols is 1. The summed E-state index contributed by atoms with van der Waals surface area (Å²) in [5, 5.41) is 21.7. The van der Waals surface area contributed by atoms with E-state index < -0.39 is 0 Å². The maximum Gasteiger partial charge on any atom is 0.134 e. The minimum Gasteiger partial charge on any atom is -0.506 e. The Morgan fingerprint density at radius 2 is 2.23 bits per heavy atom. The number of aliphatic hydroxyl groups excluding tert-OH is 1. The highest BCUT2D eigenvalue weighted by Crippen LogP contribution is 2.36. The Bertz CT molecular complexity index is 450. The van der Waals surface area contributed by atoms with Gasteiger partial charge in [0.2, 0.25) is 0 Å². The number of benzene rings is 1. The molecule has 1 aromatic carbocycles. The van der Waals surface area contributed by atoms with E-state index in [0.717, 1.165) is 10.1 Å². The number of halogens is 1. The normalized spacial score (nSPS) is 10.9. The zero-order chi connectivity index (χ0) is 9.42. The van der Waals surface area contributed by atoms with Crippen molar-refractivity contribution in [3.63, 3.8) is 0 Å². The van der Waals surface area contributed by atoms with Crippen molar-refractivity contribution in [2.45, 2.75) is 6.61 Å². The number of rotatable bonds is 1. The van der Waals surface area contributed by atoms with Crippen LogP contribution >= 0.6 is 22.9 Å². The number of thiophene rings is 1. The molecule has 0 fully saturated rings. The predicted molar refractivity (Wildman–Crippen MR) is 54.4 cm³/mol. The molecule has 0 saturated carbocycles. The van der Waals surface area contributed by atoms with Gasteiger partial charge >= 0.3 is 0 Å². The third-order valence-electron chi connectivity index (χ3n) is 1.93. The van der Waals surface area contributed by atoms with Crippen LogP contribution in [0.2, 0.25) is 5.02 Å². The Balaban J connectivity index is 2.88. The minimum absolute atomic E-state index is 0.105. The molecule has 0 atom stereocenters. The van der Waals surface area contributed by atoms with Gasteiger partial charge in [-0.25, -0.2) is 0 Å². The van der Waals surface area contributed by atoms with E-state index in [1.165, 1.54) is 17.4 Å². The van der Waals surface area contributed by atoms with Gasteiger partial charge in [0.1, 0.15) is 5.75 Å². The van der Waals surface area contributed by atoms with Crippen LogP contribution in [0, 0.1) is 0 Å². The van der Waals surface area contributed by atoms with Crippen LogP contribution in [0.25, 0.3) is 10.1 Å². The van der Waals surface area contributed by atoms with Crippen LogP contribution in [0.5, 0.6) is 5.75 Å². The monoisotopic (exact) mass is 214 g/mol. The molecule has 0 radical (unpaired) electrons. The fourth-order valence-electron chi connectivity index (χ4n) is 1.31. The molecule has 1 heterocycles. The topological polar surface area (TPSA) is 40.5 Å². The molecule has 0 aliphatic rings. The van der Waals surface area contributed by atoms with Gasteiger partial charge in [-0.2, -0.15) is 0 Å². The van der Waals surface area contributed by atoms with E-state index in [4.69, 9.17) is 16.7 Å². The first kappa shape index (κ1) is 8.81. The molecular weight excluding hydrogens is 208 g/mol. The molecule has 0 spiro atoms. The van der Waals surface area contributed by atoms with Crippen LogP contribution < -0.4 is 0 Å². The van der Waals surface area contributed by atoms with Gasteiger partial charge in [-0.15, -0.1) is 11.3 Å². The second-order valence-corrected chi connectivity index (χ2v) is 4.00. The molecule has 0 amide bonds. The fourth-order valence-corrected chi connectivity index (χ4v) is 2.41. The van der Waals surface area contributed by atoms with Crippen molar-refractivity contribution < 1.29 is 10.2 Å². The second-order valence-electron chi connectivity index (χ2n) is 2.68. The van der Waals surface area contributed by atoms with E-state index in [1.807, 2.05) is 11.4 Å². The van der Waals surface area contributed by atoms with E-state index >= 15 is 0 Å². The highest BCUT2D eigenvalue weighted by atomic mass is 35.5. The van der Waals surface area contributed by atoms with Gasteiger partial charge in [-0.1, -0.05) is 11.6 Å². The third-order valence-corrected chi connectivity index (χ3v) is 3.21. The van der Waals surface area contributed by atoms with Crippen molar-refractivity contribution in [3.05, 3.63) is 28.1 Å². The molecule has 0 unspecified atom stereocenters. The lowest BCUT2D eigenvalue weighted by Gasteiger charge is -2.03. The summed E-state index contributed by atoms with van der Waals surface area (Å²) in [7, 11) is 0. The predicted octanol–water partition coefficient (Wildman–Crippen LogP) is 2.75. The van der Waals surface area contributed by atoms with E-state index in [2.05, 4.69) is 0 Å². The van der Waals surface area contributed by atoms with Gasteiger partial charge in [-0.3, -0.25) is 0 Å². The molecule has 68 valence electrons. The molecule has 2 nitrogen and oxygen atoms in total. The molecule has 2 aromatic rings. The zero-order valence-corrected chi connectivity index (χ0v) is 8.19. The van der Waals surface area contributed by atoms with Crippen LogP contribution in [-0.4, -0.2) is 10.2 Å². The van der Waals surface area contributed by atoms with Gasteiger partial charge in [0.15, 0.2) is 0 Å². The van der Waals surface area contributed by atoms with Crippen LogP contribution in [-0.2, 0) is 6.61 Å². The number of hydrogen-bond acceptors (Lipinski definition) is 3. The Labute approximate surface area is 84.0 Å². The summed E-state index contributed by atoms with van der Waals surface area (Å²) in [6.45, 7) is -0.105. The average Bonchev–Trinajstić information content (AvgIpc) is 2.53. The Kier molecular flexibility index (Phi) is 2.15. The van der Waals surface area contributed by atoms with E-state index in [0.29, 0.717) is 10.6 Å². The van der Waals surface area contributed by atoms with Crippen molar-refractivity contribution in [1.82, 2.24) is 0 Å². The molecule has 1 aromatic heterocycles.